The van der Waals surface area contributed by atoms with Gasteiger partial charge in [0.25, 0.3) is 0 Å². The van der Waals surface area contributed by atoms with Crippen molar-refractivity contribution in [3.05, 3.63) is 48.3 Å². The molecule has 0 atom stereocenters. The number of nitrogens with zero attached hydrogens (tertiary/aromatic N) is 3. The largest absolute Gasteiger partial charge is 0.268 e. The van der Waals surface area contributed by atoms with Crippen molar-refractivity contribution in [2.75, 3.05) is 0 Å². The van der Waals surface area contributed by atoms with Crippen LogP contribution in [0.5, 0.6) is 0 Å². The Morgan fingerprint density at radius 1 is 1.11 bits per heavy atom. The van der Waals surface area contributed by atoms with E-state index in [9.17, 15) is 0 Å². The van der Waals surface area contributed by atoms with Crippen LogP contribution in [0.15, 0.2) is 42.6 Å². The third-order valence-electron chi connectivity index (χ3n) is 3.40. The molecule has 2 heterocycles. The number of aromatic nitrogens is 3. The number of aryl methyl sites for hydroxylation is 1. The van der Waals surface area contributed by atoms with Crippen molar-refractivity contribution in [2.45, 2.75) is 19.8 Å². The molecule has 0 N–H and O–H groups in total. The van der Waals surface area contributed by atoms with Gasteiger partial charge in [0.15, 0.2) is 0 Å². The van der Waals surface area contributed by atoms with Gasteiger partial charge in [-0.2, -0.15) is 5.10 Å². The lowest BCUT2D eigenvalue weighted by Crippen LogP contribution is -1.94. The quantitative estimate of drug-likeness (QED) is 0.694. The number of hydrogen-bond acceptors (Lipinski definition) is 2. The molecule has 0 aliphatic carbocycles. The highest BCUT2D eigenvalue weighted by atomic mass is 15.2. The van der Waals surface area contributed by atoms with Gasteiger partial charge in [-0.05, 0) is 30.2 Å². The molecule has 0 amide bonds. The Hall–Kier alpha value is -2.16. The summed E-state index contributed by atoms with van der Waals surface area (Å²) >= 11 is 0. The van der Waals surface area contributed by atoms with Crippen molar-refractivity contribution < 1.29 is 0 Å². The lowest BCUT2D eigenvalue weighted by Gasteiger charge is -2.07. The Labute approximate surface area is 112 Å². The summed E-state index contributed by atoms with van der Waals surface area (Å²) in [5.41, 5.74) is 4.44. The molecule has 1 aromatic carbocycles. The first-order chi connectivity index (χ1) is 9.15. The van der Waals surface area contributed by atoms with E-state index in [0.29, 0.717) is 5.92 Å². The van der Waals surface area contributed by atoms with Crippen molar-refractivity contribution in [2.24, 2.45) is 7.05 Å². The molecule has 0 spiro atoms. The number of benzene rings is 1. The van der Waals surface area contributed by atoms with Crippen molar-refractivity contribution in [1.82, 2.24) is 14.8 Å². The third kappa shape index (κ3) is 2.12. The summed E-state index contributed by atoms with van der Waals surface area (Å²) < 4.78 is 1.89. The molecule has 96 valence electrons. The van der Waals surface area contributed by atoms with Crippen LogP contribution in [0.3, 0.4) is 0 Å². The maximum atomic E-state index is 4.73. The molecule has 3 rings (SSSR count). The summed E-state index contributed by atoms with van der Waals surface area (Å²) in [4.78, 5) is 4.73. The lowest BCUT2D eigenvalue weighted by molar-refractivity contribution is 0.797. The maximum absolute atomic E-state index is 4.73. The predicted octanol–water partition coefficient (Wildman–Crippen LogP) is 3.76. The monoisotopic (exact) mass is 251 g/mol. The van der Waals surface area contributed by atoms with Crippen molar-refractivity contribution in [1.29, 1.82) is 0 Å². The fourth-order valence-corrected chi connectivity index (χ4v) is 2.26. The van der Waals surface area contributed by atoms with E-state index in [1.165, 1.54) is 0 Å². The zero-order valence-corrected chi connectivity index (χ0v) is 11.5. The number of hydrogen-bond donors (Lipinski definition) is 0. The first-order valence-electron chi connectivity index (χ1n) is 6.54. The smallest absolute Gasteiger partial charge is 0.0705 e. The zero-order chi connectivity index (χ0) is 13.4. The van der Waals surface area contributed by atoms with Crippen LogP contribution in [0, 0.1) is 0 Å². The molecule has 19 heavy (non-hydrogen) atoms. The van der Waals surface area contributed by atoms with Crippen LogP contribution in [-0.4, -0.2) is 14.8 Å². The van der Waals surface area contributed by atoms with Crippen LogP contribution < -0.4 is 0 Å². The molecule has 0 aliphatic heterocycles. The molecule has 0 unspecified atom stereocenters. The van der Waals surface area contributed by atoms with E-state index >= 15 is 0 Å². The van der Waals surface area contributed by atoms with Crippen LogP contribution in [0.25, 0.3) is 22.2 Å². The fraction of sp³-hybridized carbons (Fsp3) is 0.250. The highest BCUT2D eigenvalue weighted by Crippen LogP contribution is 2.24. The van der Waals surface area contributed by atoms with Gasteiger partial charge < -0.3 is 0 Å². The number of pyridine rings is 1. The number of fused-ring (bicyclic) bond motifs is 1. The Kier molecular flexibility index (Phi) is 2.82. The molecule has 3 heteroatoms. The van der Waals surface area contributed by atoms with Gasteiger partial charge in [-0.3, -0.25) is 9.67 Å². The normalized spacial score (nSPS) is 11.4. The molecule has 2 aromatic heterocycles. The van der Waals surface area contributed by atoms with Crippen LogP contribution >= 0.6 is 0 Å². The van der Waals surface area contributed by atoms with E-state index in [2.05, 4.69) is 55.3 Å². The van der Waals surface area contributed by atoms with Crippen molar-refractivity contribution in [3.63, 3.8) is 0 Å². The van der Waals surface area contributed by atoms with E-state index in [1.807, 2.05) is 17.9 Å². The summed E-state index contributed by atoms with van der Waals surface area (Å²) in [5.74, 6) is 0.446. The Morgan fingerprint density at radius 3 is 2.74 bits per heavy atom. The van der Waals surface area contributed by atoms with E-state index in [0.717, 1.165) is 27.9 Å². The van der Waals surface area contributed by atoms with Crippen LogP contribution in [0.2, 0.25) is 0 Å². The molecule has 0 saturated heterocycles. The molecule has 0 radical (unpaired) electrons. The van der Waals surface area contributed by atoms with Crippen LogP contribution in [0.1, 0.15) is 25.5 Å². The van der Waals surface area contributed by atoms with Gasteiger partial charge in [0.05, 0.1) is 17.4 Å². The van der Waals surface area contributed by atoms with E-state index < -0.39 is 0 Å². The van der Waals surface area contributed by atoms with Gasteiger partial charge in [0.1, 0.15) is 0 Å². The molecule has 0 fully saturated rings. The molecule has 0 saturated carbocycles. The molecular weight excluding hydrogens is 234 g/mol. The minimum absolute atomic E-state index is 0.446. The highest BCUT2D eigenvalue weighted by molar-refractivity contribution is 5.83. The summed E-state index contributed by atoms with van der Waals surface area (Å²) in [6.07, 6.45) is 1.89. The number of rotatable bonds is 2. The summed E-state index contributed by atoms with van der Waals surface area (Å²) in [6, 6.07) is 12.6. The molecule has 3 aromatic rings. The first-order valence-corrected chi connectivity index (χ1v) is 6.54. The summed E-state index contributed by atoms with van der Waals surface area (Å²) in [5, 5.41) is 5.42. The molecule has 3 nitrogen and oxygen atoms in total. The van der Waals surface area contributed by atoms with Gasteiger partial charge in [-0.25, -0.2) is 0 Å². The Bertz CT molecular complexity index is 726. The van der Waals surface area contributed by atoms with Crippen LogP contribution in [0.4, 0.5) is 0 Å². The van der Waals surface area contributed by atoms with Gasteiger partial charge in [-0.1, -0.05) is 26.0 Å². The van der Waals surface area contributed by atoms with Gasteiger partial charge >= 0.3 is 0 Å². The Balaban J connectivity index is 2.10. The predicted molar refractivity (Wildman–Crippen MR) is 78.0 cm³/mol. The highest BCUT2D eigenvalue weighted by Gasteiger charge is 2.06. The minimum atomic E-state index is 0.446. The minimum Gasteiger partial charge on any atom is -0.268 e. The van der Waals surface area contributed by atoms with E-state index in [4.69, 9.17) is 4.98 Å². The van der Waals surface area contributed by atoms with Gasteiger partial charge in [0.2, 0.25) is 0 Å². The average Bonchev–Trinajstić information content (AvgIpc) is 2.80. The molecule has 0 bridgehead atoms. The molecular formula is C16H17N3. The van der Waals surface area contributed by atoms with Gasteiger partial charge in [-0.15, -0.1) is 0 Å². The second-order valence-electron chi connectivity index (χ2n) is 5.14. The Morgan fingerprint density at radius 2 is 1.95 bits per heavy atom. The standard InChI is InChI=1S/C16H17N3/c1-11(2)14-5-4-6-15(18-14)12-7-8-16-13(9-12)10-17-19(16)3/h4-11H,1-3H3. The second-order valence-corrected chi connectivity index (χ2v) is 5.14. The van der Waals surface area contributed by atoms with E-state index in [1.54, 1.807) is 0 Å². The summed E-state index contributed by atoms with van der Waals surface area (Å²) in [7, 11) is 1.96. The van der Waals surface area contributed by atoms with Crippen molar-refractivity contribution >= 4 is 10.9 Å². The average molecular weight is 251 g/mol. The molecule has 0 aliphatic rings. The maximum Gasteiger partial charge on any atom is 0.0705 e. The van der Waals surface area contributed by atoms with E-state index in [-0.39, 0.29) is 0 Å². The fourth-order valence-electron chi connectivity index (χ4n) is 2.26. The SMILES string of the molecule is CC(C)c1cccc(-c2ccc3c(cnn3C)c2)n1. The zero-order valence-electron chi connectivity index (χ0n) is 11.5. The second kappa shape index (κ2) is 4.50. The summed E-state index contributed by atoms with van der Waals surface area (Å²) in [6.45, 7) is 4.33. The van der Waals surface area contributed by atoms with Crippen molar-refractivity contribution in [3.8, 4) is 11.3 Å². The lowest BCUT2D eigenvalue weighted by atomic mass is 10.1. The van der Waals surface area contributed by atoms with Gasteiger partial charge in [0, 0.05) is 23.7 Å². The van der Waals surface area contributed by atoms with Crippen LogP contribution in [-0.2, 0) is 7.05 Å². The first kappa shape index (κ1) is 11.9. The topological polar surface area (TPSA) is 30.7 Å². The third-order valence-corrected chi connectivity index (χ3v) is 3.40.